The van der Waals surface area contributed by atoms with Gasteiger partial charge in [0.25, 0.3) is 0 Å². The third-order valence-electron chi connectivity index (χ3n) is 13.0. The van der Waals surface area contributed by atoms with Gasteiger partial charge in [0.1, 0.15) is 53.8 Å². The Labute approximate surface area is 464 Å². The molecule has 19 N–H and O–H groups in total. The number of primary amides is 2. The van der Waals surface area contributed by atoms with Crippen LogP contribution in [0.4, 0.5) is 0 Å². The maximum atomic E-state index is 14.4. The number of phenolic OH excluding ortho intramolecular Hbond substituents is 2. The molecule has 3 aromatic rings. The van der Waals surface area contributed by atoms with Gasteiger partial charge in [0, 0.05) is 38.6 Å². The number of benzene rings is 3. The summed E-state index contributed by atoms with van der Waals surface area (Å²) in [6, 6.07) is 4.87. The van der Waals surface area contributed by atoms with Crippen LogP contribution in [0.1, 0.15) is 69.1 Å². The van der Waals surface area contributed by atoms with Gasteiger partial charge < -0.3 is 90.0 Å². The molecule has 4 rings (SSSR count). The number of phenols is 2. The third-order valence-corrected chi connectivity index (χ3v) is 13.0. The number of aromatic hydroxyl groups is 2. The Morgan fingerprint density at radius 2 is 0.951 bits per heavy atom. The van der Waals surface area contributed by atoms with Crippen LogP contribution in [0.25, 0.3) is 0 Å². The van der Waals surface area contributed by atoms with Crippen LogP contribution >= 0.6 is 0 Å². The van der Waals surface area contributed by atoms with E-state index in [1.54, 1.807) is 30.3 Å². The van der Waals surface area contributed by atoms with Crippen molar-refractivity contribution in [3.05, 3.63) is 95.6 Å². The molecular weight excluding hydrogens is 1060 g/mol. The molecule has 0 radical (unpaired) electrons. The molecule has 1 aliphatic heterocycles. The van der Waals surface area contributed by atoms with Crippen molar-refractivity contribution in [3.8, 4) is 11.5 Å². The zero-order valence-corrected chi connectivity index (χ0v) is 44.5. The molecule has 11 atom stereocenters. The molecule has 1 saturated heterocycles. The molecule has 1 heterocycles. The summed E-state index contributed by atoms with van der Waals surface area (Å²) in [5, 5.41) is 77.8. The fraction of sp³-hybridized carbons (Fsp3) is 0.453. The first-order valence-electron chi connectivity index (χ1n) is 25.8. The highest BCUT2D eigenvalue weighted by Gasteiger charge is 2.42. The van der Waals surface area contributed by atoms with Crippen LogP contribution in [0.15, 0.2) is 78.9 Å². The fourth-order valence-corrected chi connectivity index (χ4v) is 8.52. The number of amides is 10. The predicted octanol–water partition coefficient (Wildman–Crippen LogP) is -4.79. The molecule has 28 heteroatoms. The summed E-state index contributed by atoms with van der Waals surface area (Å²) < 4.78 is 0. The Kier molecular flexibility index (Phi) is 24.9. The molecule has 0 spiro atoms. The van der Waals surface area contributed by atoms with E-state index >= 15 is 0 Å². The van der Waals surface area contributed by atoms with E-state index in [2.05, 4.69) is 37.2 Å². The number of hydrogen-bond donors (Lipinski definition) is 16. The molecule has 1 fully saturated rings. The van der Waals surface area contributed by atoms with E-state index < -0.39 is 145 Å². The second-order valence-electron chi connectivity index (χ2n) is 19.5. The van der Waals surface area contributed by atoms with Crippen LogP contribution in [0.5, 0.6) is 11.5 Å². The van der Waals surface area contributed by atoms with Crippen LogP contribution in [-0.2, 0) is 72.0 Å². The number of carboxylic acid groups (broad SMARTS) is 1. The lowest BCUT2D eigenvalue weighted by molar-refractivity contribution is -0.146. The SMILES string of the molecule is C[C@@H](O)[C@H](NC(=O)[C@H](Cc1ccccc1)NC(=O)[C@@H]1CCCN1C(=O)[C@@H](NC(=O)[C@H](CO)NC(=O)[C@H](Cc1ccc(O)cc1)NC(=O)[C@H](Cc1ccc(O)cc1)NC(=O)[C@H](CCC(N)=O)NC(=O)[C@@H](N)CCC(N)=O)[C@@H](C)O)C(=O)O. The lowest BCUT2D eigenvalue weighted by atomic mass is 10.0. The molecule has 0 aromatic heterocycles. The van der Waals surface area contributed by atoms with Gasteiger partial charge in [0.05, 0.1) is 24.9 Å². The first-order chi connectivity index (χ1) is 38.3. The van der Waals surface area contributed by atoms with Crippen LogP contribution in [-0.4, -0.2) is 180 Å². The number of aliphatic carboxylic acids is 1. The maximum absolute atomic E-state index is 14.4. The molecule has 81 heavy (non-hydrogen) atoms. The van der Waals surface area contributed by atoms with Crippen molar-refractivity contribution in [1.29, 1.82) is 0 Å². The van der Waals surface area contributed by atoms with Gasteiger partial charge in [-0.2, -0.15) is 0 Å². The smallest absolute Gasteiger partial charge is 0.328 e. The second kappa shape index (κ2) is 31.2. The van der Waals surface area contributed by atoms with Gasteiger partial charge in [-0.3, -0.25) is 47.9 Å². The number of nitrogens with two attached hydrogens (primary N) is 3. The van der Waals surface area contributed by atoms with Gasteiger partial charge in [-0.15, -0.1) is 0 Å². The quantitative estimate of drug-likeness (QED) is 0.0287. The lowest BCUT2D eigenvalue weighted by Crippen LogP contribution is -2.62. The number of carbonyl (C=O) groups is 11. The van der Waals surface area contributed by atoms with E-state index in [1.807, 2.05) is 0 Å². The first-order valence-corrected chi connectivity index (χ1v) is 25.8. The number of carbonyl (C=O) groups excluding carboxylic acids is 10. The van der Waals surface area contributed by atoms with E-state index in [0.717, 1.165) is 18.7 Å². The molecule has 440 valence electrons. The van der Waals surface area contributed by atoms with Crippen molar-refractivity contribution in [1.82, 2.24) is 42.1 Å². The number of hydrogen-bond acceptors (Lipinski definition) is 17. The number of likely N-dealkylation sites (tertiary alicyclic amines) is 1. The summed E-state index contributed by atoms with van der Waals surface area (Å²) in [4.78, 5) is 147. The summed E-state index contributed by atoms with van der Waals surface area (Å²) in [6.07, 6.45) is -5.01. The van der Waals surface area contributed by atoms with E-state index in [0.29, 0.717) is 16.7 Å². The molecule has 10 amide bonds. The minimum Gasteiger partial charge on any atom is -0.508 e. The monoisotopic (exact) mass is 1130 g/mol. The van der Waals surface area contributed by atoms with Gasteiger partial charge in [0.15, 0.2) is 6.04 Å². The Morgan fingerprint density at radius 1 is 0.543 bits per heavy atom. The average molecular weight is 1130 g/mol. The zero-order valence-electron chi connectivity index (χ0n) is 44.5. The maximum Gasteiger partial charge on any atom is 0.328 e. The summed E-state index contributed by atoms with van der Waals surface area (Å²) >= 11 is 0. The topological polar surface area (TPSA) is 475 Å². The van der Waals surface area contributed by atoms with E-state index in [1.165, 1.54) is 48.5 Å². The zero-order chi connectivity index (χ0) is 60.1. The molecule has 1 aliphatic rings. The molecular formula is C53H71N11O17. The van der Waals surface area contributed by atoms with Gasteiger partial charge in [-0.25, -0.2) is 4.79 Å². The van der Waals surface area contributed by atoms with Crippen molar-refractivity contribution < 1.29 is 83.4 Å². The minimum absolute atomic E-state index is 0.0485. The standard InChI is InChI=1S/C53H71N11O17/c1-27(66)43(52(79)64-22-6-9-40(64)51(78)60-38(23-29-7-4-3-5-8-29)49(76)63-44(28(2)67)53(80)81)62-50(77)39(26-65)61-48(75)37(25-31-12-16-33(69)17-13-31)59-47(74)36(24-30-10-14-32(68)15-11-30)58-46(73)35(19-21-42(56)71)57-45(72)34(54)18-20-41(55)70/h3-5,7-8,10-17,27-28,34-40,43-44,65-69H,6,9,18-26,54H2,1-2H3,(H2,55,70)(H2,56,71)(H,57,72)(H,58,73)(H,59,74)(H,60,78)(H,61,75)(H,62,77)(H,63,76)(H,80,81)/t27-,28-,34+,35+,36+,37+,38+,39+,40+,43+,44+/m1/s1. The van der Waals surface area contributed by atoms with Crippen LogP contribution in [0.3, 0.4) is 0 Å². The number of nitrogens with zero attached hydrogens (tertiary/aromatic N) is 1. The molecule has 0 unspecified atom stereocenters. The minimum atomic E-state index is -1.89. The van der Waals surface area contributed by atoms with Gasteiger partial charge in [-0.05, 0) is 80.5 Å². The van der Waals surface area contributed by atoms with Crippen molar-refractivity contribution in [2.45, 2.75) is 138 Å². The Balaban J connectivity index is 1.58. The molecule has 28 nitrogen and oxygen atoms in total. The summed E-state index contributed by atoms with van der Waals surface area (Å²) in [6.45, 7) is 1.10. The molecule has 0 saturated carbocycles. The van der Waals surface area contributed by atoms with Gasteiger partial charge >= 0.3 is 5.97 Å². The lowest BCUT2D eigenvalue weighted by Gasteiger charge is -2.32. The number of aliphatic hydroxyl groups is 3. The van der Waals surface area contributed by atoms with E-state index in [4.69, 9.17) is 17.2 Å². The van der Waals surface area contributed by atoms with E-state index in [9.17, 15) is 83.4 Å². The normalized spacial score (nSPS) is 16.7. The highest BCUT2D eigenvalue weighted by molar-refractivity contribution is 5.99. The largest absolute Gasteiger partial charge is 0.508 e. The molecule has 0 aliphatic carbocycles. The summed E-state index contributed by atoms with van der Waals surface area (Å²) in [7, 11) is 0. The van der Waals surface area contributed by atoms with E-state index in [-0.39, 0.29) is 69.4 Å². The number of rotatable bonds is 31. The number of aliphatic hydroxyl groups excluding tert-OH is 3. The van der Waals surface area contributed by atoms with Crippen LogP contribution < -0.4 is 54.4 Å². The Morgan fingerprint density at radius 3 is 1.42 bits per heavy atom. The molecule has 0 bridgehead atoms. The predicted molar refractivity (Wildman–Crippen MR) is 285 cm³/mol. The number of nitrogens with one attached hydrogen (secondary N) is 7. The average Bonchev–Trinajstić information content (AvgIpc) is 3.99. The van der Waals surface area contributed by atoms with Gasteiger partial charge in [-0.1, -0.05) is 54.6 Å². The second-order valence-corrected chi connectivity index (χ2v) is 19.5. The van der Waals surface area contributed by atoms with Crippen molar-refractivity contribution in [3.63, 3.8) is 0 Å². The number of carboxylic acids is 1. The van der Waals surface area contributed by atoms with Crippen LogP contribution in [0, 0.1) is 0 Å². The van der Waals surface area contributed by atoms with Gasteiger partial charge in [0.2, 0.25) is 59.1 Å². The summed E-state index contributed by atoms with van der Waals surface area (Å²) in [5.41, 5.74) is 17.7. The van der Waals surface area contributed by atoms with Crippen LogP contribution in [0.2, 0.25) is 0 Å². The third kappa shape index (κ3) is 20.5. The van der Waals surface area contributed by atoms with Crippen molar-refractivity contribution >= 4 is 65.0 Å². The fourth-order valence-electron chi connectivity index (χ4n) is 8.52. The van der Waals surface area contributed by atoms with Crippen molar-refractivity contribution in [2.75, 3.05) is 13.2 Å². The molecule has 3 aromatic carbocycles. The summed E-state index contributed by atoms with van der Waals surface area (Å²) in [5.74, 6) is -11.6. The Bertz CT molecular complexity index is 2700. The van der Waals surface area contributed by atoms with Crippen molar-refractivity contribution in [2.24, 2.45) is 17.2 Å². The highest BCUT2D eigenvalue weighted by Crippen LogP contribution is 2.21. The highest BCUT2D eigenvalue weighted by atomic mass is 16.4. The Hall–Kier alpha value is -8.73. The first kappa shape index (κ1) is 64.8.